The fourth-order valence-electron chi connectivity index (χ4n) is 6.01. The molecule has 4 rings (SSSR count). The normalized spacial score (nSPS) is 39.5. The van der Waals surface area contributed by atoms with Crippen molar-refractivity contribution in [2.24, 2.45) is 11.8 Å². The highest BCUT2D eigenvalue weighted by atomic mass is 16.6. The molecule has 30 heavy (non-hydrogen) atoms. The lowest BCUT2D eigenvalue weighted by molar-refractivity contribution is -0.940. The molecule has 0 spiro atoms. The van der Waals surface area contributed by atoms with Crippen molar-refractivity contribution in [3.8, 4) is 0 Å². The van der Waals surface area contributed by atoms with Gasteiger partial charge in [-0.25, -0.2) is 4.79 Å². The van der Waals surface area contributed by atoms with Gasteiger partial charge in [0.1, 0.15) is 17.9 Å². The van der Waals surface area contributed by atoms with Crippen LogP contribution in [-0.2, 0) is 23.7 Å². The Labute approximate surface area is 178 Å². The number of methoxy groups -OCH3 is 2. The molecule has 6 unspecified atom stereocenters. The molecule has 0 saturated carbocycles. The standard InChI is InChI=1S/C23H33NO6/c1-6-17(27-4)15-9-7-10-16-19-13(2)21(22-20(28-5)14(3)23(25)30-22)29-18(19)11-8-12-24(15,16)26/h11,13,15-17,19H,6-10,12H2,1-5H3. The van der Waals surface area contributed by atoms with E-state index in [2.05, 4.69) is 19.9 Å². The number of fused-ring (bicyclic) bond motifs is 3. The number of rotatable bonds is 4. The Bertz CT molecular complexity index is 811. The van der Waals surface area contributed by atoms with Crippen LogP contribution in [-0.4, -0.2) is 49.6 Å². The first-order chi connectivity index (χ1) is 14.4. The number of allylic oxidation sites excluding steroid dienone is 1. The fourth-order valence-corrected chi connectivity index (χ4v) is 6.01. The minimum absolute atomic E-state index is 0.0382. The molecule has 0 radical (unpaired) electrons. The smallest absolute Gasteiger partial charge is 0.343 e. The van der Waals surface area contributed by atoms with Crippen molar-refractivity contribution in [1.29, 1.82) is 0 Å². The van der Waals surface area contributed by atoms with Crippen LogP contribution in [0.25, 0.3) is 0 Å². The molecule has 4 heterocycles. The lowest BCUT2D eigenvalue weighted by atomic mass is 9.79. The van der Waals surface area contributed by atoms with Crippen LogP contribution in [0, 0.1) is 17.0 Å². The van der Waals surface area contributed by atoms with Crippen molar-refractivity contribution in [1.82, 2.24) is 0 Å². The molecule has 0 bridgehead atoms. The molecule has 0 aliphatic carbocycles. The molecule has 0 N–H and O–H groups in total. The zero-order valence-corrected chi connectivity index (χ0v) is 18.6. The van der Waals surface area contributed by atoms with Gasteiger partial charge in [0.25, 0.3) is 0 Å². The summed E-state index contributed by atoms with van der Waals surface area (Å²) < 4.78 is 22.7. The maximum atomic E-state index is 14.4. The van der Waals surface area contributed by atoms with Crippen molar-refractivity contribution in [2.75, 3.05) is 20.8 Å². The second-order valence-corrected chi connectivity index (χ2v) is 8.88. The van der Waals surface area contributed by atoms with Gasteiger partial charge in [-0.3, -0.25) is 0 Å². The molecule has 6 atom stereocenters. The number of hydroxylamine groups is 3. The maximum absolute atomic E-state index is 14.4. The predicted octanol–water partition coefficient (Wildman–Crippen LogP) is 3.91. The summed E-state index contributed by atoms with van der Waals surface area (Å²) in [4.78, 5) is 12.1. The Balaban J connectivity index is 1.73. The van der Waals surface area contributed by atoms with Crippen molar-refractivity contribution in [3.63, 3.8) is 0 Å². The van der Waals surface area contributed by atoms with Gasteiger partial charge in [0.2, 0.25) is 5.76 Å². The predicted molar refractivity (Wildman–Crippen MR) is 110 cm³/mol. The lowest BCUT2D eigenvalue weighted by Crippen LogP contribution is -2.65. The summed E-state index contributed by atoms with van der Waals surface area (Å²) in [6, 6.07) is -0.153. The Morgan fingerprint density at radius 3 is 2.73 bits per heavy atom. The van der Waals surface area contributed by atoms with Crippen LogP contribution in [0.5, 0.6) is 0 Å². The van der Waals surface area contributed by atoms with Crippen LogP contribution in [0.2, 0.25) is 0 Å². The molecule has 166 valence electrons. The van der Waals surface area contributed by atoms with E-state index >= 15 is 0 Å². The highest BCUT2D eigenvalue weighted by Gasteiger charge is 2.54. The van der Waals surface area contributed by atoms with Crippen LogP contribution in [0.1, 0.15) is 52.9 Å². The first-order valence-electron chi connectivity index (χ1n) is 11.1. The van der Waals surface area contributed by atoms with Crippen molar-refractivity contribution in [2.45, 2.75) is 71.1 Å². The summed E-state index contributed by atoms with van der Waals surface area (Å²) >= 11 is 0. The molecule has 2 fully saturated rings. The number of carbonyl (C=O) groups is 1. The number of ether oxygens (including phenoxy) is 4. The SMILES string of the molecule is CCC(OC)C1CCCC2C3C(=CCC[N+]12[O-])OC(=C1OC(=O)C(C)=C1OC)C3C. The zero-order valence-electron chi connectivity index (χ0n) is 18.6. The van der Waals surface area contributed by atoms with Gasteiger partial charge in [-0.05, 0) is 25.8 Å². The van der Waals surface area contributed by atoms with Gasteiger partial charge < -0.3 is 28.8 Å². The summed E-state index contributed by atoms with van der Waals surface area (Å²) in [5.41, 5.74) is 0.439. The zero-order chi connectivity index (χ0) is 21.6. The minimum Gasteiger partial charge on any atom is -0.632 e. The third-order valence-corrected chi connectivity index (χ3v) is 7.48. The molecule has 4 aliphatic heterocycles. The fraction of sp³-hybridized carbons (Fsp3) is 0.696. The summed E-state index contributed by atoms with van der Waals surface area (Å²) in [5, 5.41) is 14.4. The first-order valence-corrected chi connectivity index (χ1v) is 11.1. The van der Waals surface area contributed by atoms with Crippen LogP contribution < -0.4 is 0 Å². The van der Waals surface area contributed by atoms with Gasteiger partial charge in [0, 0.05) is 32.3 Å². The van der Waals surface area contributed by atoms with E-state index < -0.39 is 5.97 Å². The molecule has 0 aromatic carbocycles. The van der Waals surface area contributed by atoms with Gasteiger partial charge in [0.05, 0.1) is 31.2 Å². The number of hydrogen-bond acceptors (Lipinski definition) is 6. The van der Waals surface area contributed by atoms with Crippen molar-refractivity contribution >= 4 is 5.97 Å². The number of hydrogen-bond donors (Lipinski definition) is 0. The third-order valence-electron chi connectivity index (χ3n) is 7.48. The Morgan fingerprint density at radius 1 is 1.30 bits per heavy atom. The van der Waals surface area contributed by atoms with E-state index in [9.17, 15) is 10.0 Å². The monoisotopic (exact) mass is 419 g/mol. The quantitative estimate of drug-likeness (QED) is 0.391. The van der Waals surface area contributed by atoms with Gasteiger partial charge in [-0.2, -0.15) is 0 Å². The number of nitrogens with zero attached hydrogens (tertiary/aromatic N) is 1. The molecule has 7 nitrogen and oxygen atoms in total. The topological polar surface area (TPSA) is 77.0 Å². The summed E-state index contributed by atoms with van der Waals surface area (Å²) in [6.45, 7) is 6.39. The molecule has 2 saturated heterocycles. The molecule has 0 amide bonds. The summed E-state index contributed by atoms with van der Waals surface area (Å²) in [7, 11) is 3.24. The molecular weight excluding hydrogens is 386 g/mol. The van der Waals surface area contributed by atoms with Crippen LogP contribution >= 0.6 is 0 Å². The second kappa shape index (κ2) is 8.02. The van der Waals surface area contributed by atoms with Crippen molar-refractivity contribution in [3.05, 3.63) is 39.9 Å². The first kappa shape index (κ1) is 21.4. The van der Waals surface area contributed by atoms with Crippen LogP contribution in [0.15, 0.2) is 34.7 Å². The second-order valence-electron chi connectivity index (χ2n) is 8.88. The summed E-state index contributed by atoms with van der Waals surface area (Å²) in [6.07, 6.45) is 6.30. The maximum Gasteiger partial charge on any atom is 0.343 e. The van der Waals surface area contributed by atoms with E-state index in [0.717, 1.165) is 31.4 Å². The average molecular weight is 420 g/mol. The van der Waals surface area contributed by atoms with Gasteiger partial charge >= 0.3 is 5.97 Å². The van der Waals surface area contributed by atoms with Crippen LogP contribution in [0.4, 0.5) is 0 Å². The van der Waals surface area contributed by atoms with E-state index in [1.54, 1.807) is 14.0 Å². The van der Waals surface area contributed by atoms with E-state index in [1.807, 2.05) is 0 Å². The Kier molecular flexibility index (Phi) is 5.72. The number of quaternary nitrogens is 1. The molecular formula is C23H33NO6. The van der Waals surface area contributed by atoms with E-state index in [4.69, 9.17) is 18.9 Å². The molecule has 0 aromatic rings. The van der Waals surface area contributed by atoms with Crippen LogP contribution in [0.3, 0.4) is 0 Å². The number of carbonyl (C=O) groups excluding carboxylic acids is 1. The Hall–Kier alpha value is -1.83. The van der Waals surface area contributed by atoms with Gasteiger partial charge in [-0.1, -0.05) is 13.8 Å². The minimum atomic E-state index is -0.413. The van der Waals surface area contributed by atoms with Gasteiger partial charge in [0.15, 0.2) is 11.5 Å². The highest BCUT2D eigenvalue weighted by Crippen LogP contribution is 2.51. The molecule has 7 heteroatoms. The summed E-state index contributed by atoms with van der Waals surface area (Å²) in [5.74, 6) is 1.70. The Morgan fingerprint density at radius 2 is 2.07 bits per heavy atom. The largest absolute Gasteiger partial charge is 0.632 e. The van der Waals surface area contributed by atoms with E-state index in [1.165, 1.54) is 7.11 Å². The third kappa shape index (κ3) is 3.10. The average Bonchev–Trinajstić information content (AvgIpc) is 3.13. The van der Waals surface area contributed by atoms with E-state index in [0.29, 0.717) is 35.8 Å². The van der Waals surface area contributed by atoms with Gasteiger partial charge in [-0.15, -0.1) is 0 Å². The molecule has 0 aromatic heterocycles. The van der Waals surface area contributed by atoms with Crippen molar-refractivity contribution < 1.29 is 28.4 Å². The lowest BCUT2D eigenvalue weighted by Gasteiger charge is -2.59. The number of cyclic esters (lactones) is 1. The van der Waals surface area contributed by atoms with E-state index in [-0.39, 0.29) is 34.7 Å². The number of piperidine rings is 1. The molecule has 4 aliphatic rings. The number of esters is 1. The highest BCUT2D eigenvalue weighted by molar-refractivity contribution is 5.93.